The molecule has 37 heavy (non-hydrogen) atoms. The number of hydrogen-bond donors (Lipinski definition) is 2. The lowest BCUT2D eigenvalue weighted by Crippen LogP contribution is -2.29. The van der Waals surface area contributed by atoms with Crippen LogP contribution in [0.1, 0.15) is 30.4 Å². The fourth-order valence-corrected chi connectivity index (χ4v) is 5.07. The van der Waals surface area contributed by atoms with Crippen LogP contribution in [0.15, 0.2) is 89.8 Å². The van der Waals surface area contributed by atoms with E-state index in [-0.39, 0.29) is 11.3 Å². The molecule has 0 bridgehead atoms. The molecule has 196 valence electrons. The van der Waals surface area contributed by atoms with Crippen molar-refractivity contribution in [3.05, 3.63) is 96.1 Å². The number of anilines is 1. The van der Waals surface area contributed by atoms with Crippen molar-refractivity contribution in [3.63, 3.8) is 0 Å². The van der Waals surface area contributed by atoms with Gasteiger partial charge in [0.15, 0.2) is 0 Å². The highest BCUT2D eigenvalue weighted by atomic mass is 32.2. The second kappa shape index (κ2) is 13.1. The number of hydrogen-bond acceptors (Lipinski definition) is 6. The normalized spacial score (nSPS) is 11.8. The van der Waals surface area contributed by atoms with Crippen LogP contribution < -0.4 is 14.2 Å². The van der Waals surface area contributed by atoms with Crippen LogP contribution in [0.25, 0.3) is 6.08 Å². The first kappa shape index (κ1) is 27.9. The van der Waals surface area contributed by atoms with E-state index in [0.717, 1.165) is 30.2 Å². The van der Waals surface area contributed by atoms with E-state index in [9.17, 15) is 21.6 Å². The van der Waals surface area contributed by atoms with Gasteiger partial charge in [-0.1, -0.05) is 60.7 Å². The summed E-state index contributed by atoms with van der Waals surface area (Å²) < 4.78 is 57.8. The third-order valence-corrected chi connectivity index (χ3v) is 7.16. The van der Waals surface area contributed by atoms with E-state index in [4.69, 9.17) is 4.74 Å². The standard InChI is InChI=1S/C27H30N2O6S2/c1-36(31,32)29-27(30)19-18-23-13-7-8-17-26(23)35-20-9-3-4-11-22-12-10-14-24(21-22)28-37(33,34)25-15-5-2-6-16-25/h2,4-8,10-17,21,28H,3,9,18-20H2,1H3,(H,29,30)/b11-4+. The first-order chi connectivity index (χ1) is 17.6. The number of rotatable bonds is 13. The smallest absolute Gasteiger partial charge is 0.261 e. The predicted octanol–water partition coefficient (Wildman–Crippen LogP) is 4.37. The number of allylic oxidation sites excluding steroid dienone is 1. The summed E-state index contributed by atoms with van der Waals surface area (Å²) in [6.07, 6.45) is 6.77. The second-order valence-electron chi connectivity index (χ2n) is 8.34. The van der Waals surface area contributed by atoms with Crippen LogP contribution in [0, 0.1) is 0 Å². The Bertz CT molecular complexity index is 1440. The Morgan fingerprint density at radius 3 is 2.41 bits per heavy atom. The Balaban J connectivity index is 1.47. The molecule has 0 aliphatic heterocycles. The highest BCUT2D eigenvalue weighted by molar-refractivity contribution is 7.92. The number of ether oxygens (including phenoxy) is 1. The number of carbonyl (C=O) groups excluding carboxylic acids is 1. The van der Waals surface area contributed by atoms with Crippen LogP contribution in [0.3, 0.4) is 0 Å². The Labute approximate surface area is 218 Å². The lowest BCUT2D eigenvalue weighted by atomic mass is 10.1. The molecule has 0 fully saturated rings. The average molecular weight is 543 g/mol. The van der Waals surface area contributed by atoms with Crippen LogP contribution in [-0.2, 0) is 31.3 Å². The zero-order chi connectivity index (χ0) is 26.7. The quantitative estimate of drug-likeness (QED) is 0.310. The summed E-state index contributed by atoms with van der Waals surface area (Å²) in [5, 5.41) is 0. The van der Waals surface area contributed by atoms with Gasteiger partial charge in [0, 0.05) is 12.1 Å². The van der Waals surface area contributed by atoms with E-state index in [0.29, 0.717) is 24.5 Å². The molecule has 0 radical (unpaired) electrons. The fourth-order valence-electron chi connectivity index (χ4n) is 3.48. The Kier molecular flexibility index (Phi) is 9.87. The minimum absolute atomic E-state index is 0.0384. The zero-order valence-corrected chi connectivity index (χ0v) is 22.1. The topological polar surface area (TPSA) is 119 Å². The van der Waals surface area contributed by atoms with E-state index >= 15 is 0 Å². The van der Waals surface area contributed by atoms with Gasteiger partial charge in [0.2, 0.25) is 15.9 Å². The van der Waals surface area contributed by atoms with Crippen molar-refractivity contribution in [1.29, 1.82) is 0 Å². The summed E-state index contributed by atoms with van der Waals surface area (Å²) in [7, 11) is -7.22. The number of unbranched alkanes of at least 4 members (excludes halogenated alkanes) is 1. The van der Waals surface area contributed by atoms with Gasteiger partial charge < -0.3 is 4.74 Å². The zero-order valence-electron chi connectivity index (χ0n) is 20.5. The number of carbonyl (C=O) groups is 1. The molecule has 8 nitrogen and oxygen atoms in total. The Morgan fingerprint density at radius 2 is 1.65 bits per heavy atom. The van der Waals surface area contributed by atoms with E-state index in [1.54, 1.807) is 48.5 Å². The number of aryl methyl sites for hydroxylation is 1. The van der Waals surface area contributed by atoms with Crippen LogP contribution in [0.5, 0.6) is 5.75 Å². The summed E-state index contributed by atoms with van der Waals surface area (Å²) in [5.74, 6) is 0.108. The summed E-state index contributed by atoms with van der Waals surface area (Å²) in [6, 6.07) is 22.7. The second-order valence-corrected chi connectivity index (χ2v) is 11.8. The van der Waals surface area contributed by atoms with Crippen molar-refractivity contribution in [2.75, 3.05) is 17.6 Å². The third-order valence-electron chi connectivity index (χ3n) is 5.17. The van der Waals surface area contributed by atoms with E-state index in [1.807, 2.05) is 47.2 Å². The van der Waals surface area contributed by atoms with E-state index < -0.39 is 26.0 Å². The molecule has 0 aromatic heterocycles. The van der Waals surface area contributed by atoms with E-state index in [1.165, 1.54) is 0 Å². The van der Waals surface area contributed by atoms with Crippen molar-refractivity contribution in [2.24, 2.45) is 0 Å². The molecule has 0 saturated carbocycles. The molecule has 0 saturated heterocycles. The van der Waals surface area contributed by atoms with Crippen LogP contribution >= 0.6 is 0 Å². The number of benzene rings is 3. The molecule has 0 spiro atoms. The molecule has 3 aromatic rings. The maximum absolute atomic E-state index is 12.5. The summed E-state index contributed by atoms with van der Waals surface area (Å²) >= 11 is 0. The third kappa shape index (κ3) is 9.74. The first-order valence-corrected chi connectivity index (χ1v) is 15.1. The van der Waals surface area contributed by atoms with Crippen molar-refractivity contribution < 1.29 is 26.4 Å². The highest BCUT2D eigenvalue weighted by Crippen LogP contribution is 2.21. The number of para-hydroxylation sites is 1. The molecular formula is C27H30N2O6S2. The van der Waals surface area contributed by atoms with Gasteiger partial charge in [-0.05, 0) is 60.7 Å². The number of nitrogens with one attached hydrogen (secondary N) is 2. The molecule has 0 aliphatic rings. The van der Waals surface area contributed by atoms with Gasteiger partial charge in [-0.2, -0.15) is 0 Å². The fraction of sp³-hybridized carbons (Fsp3) is 0.222. The summed E-state index contributed by atoms with van der Waals surface area (Å²) in [5.41, 5.74) is 2.18. The molecule has 1 amide bonds. The minimum Gasteiger partial charge on any atom is -0.493 e. The SMILES string of the molecule is CS(=O)(=O)NC(=O)CCc1ccccc1OCCC/C=C/c1cccc(NS(=O)(=O)c2ccccc2)c1. The Morgan fingerprint density at radius 1 is 0.919 bits per heavy atom. The lowest BCUT2D eigenvalue weighted by molar-refractivity contribution is -0.119. The van der Waals surface area contributed by atoms with E-state index in [2.05, 4.69) is 4.72 Å². The monoisotopic (exact) mass is 542 g/mol. The molecule has 0 unspecified atom stereocenters. The molecule has 0 heterocycles. The maximum atomic E-state index is 12.5. The van der Waals surface area contributed by atoms with Gasteiger partial charge in [0.1, 0.15) is 5.75 Å². The maximum Gasteiger partial charge on any atom is 0.261 e. The minimum atomic E-state index is -3.65. The first-order valence-electron chi connectivity index (χ1n) is 11.7. The van der Waals surface area contributed by atoms with Gasteiger partial charge in [0.25, 0.3) is 10.0 Å². The van der Waals surface area contributed by atoms with Crippen LogP contribution in [0.2, 0.25) is 0 Å². The summed E-state index contributed by atoms with van der Waals surface area (Å²) in [6.45, 7) is 0.466. The molecule has 10 heteroatoms. The van der Waals surface area contributed by atoms with Gasteiger partial charge in [-0.15, -0.1) is 0 Å². The molecule has 3 rings (SSSR count). The molecule has 2 N–H and O–H groups in total. The van der Waals surface area contributed by atoms with Crippen molar-refractivity contribution in [1.82, 2.24) is 4.72 Å². The Hall–Kier alpha value is -3.63. The van der Waals surface area contributed by atoms with Gasteiger partial charge in [-0.25, -0.2) is 16.8 Å². The molecular weight excluding hydrogens is 512 g/mol. The summed E-state index contributed by atoms with van der Waals surface area (Å²) in [4.78, 5) is 12.0. The predicted molar refractivity (Wildman–Crippen MR) is 145 cm³/mol. The van der Waals surface area contributed by atoms with Crippen molar-refractivity contribution in [2.45, 2.75) is 30.6 Å². The van der Waals surface area contributed by atoms with Gasteiger partial charge in [-0.3, -0.25) is 14.2 Å². The van der Waals surface area contributed by atoms with Gasteiger partial charge >= 0.3 is 0 Å². The lowest BCUT2D eigenvalue weighted by Gasteiger charge is -2.11. The highest BCUT2D eigenvalue weighted by Gasteiger charge is 2.13. The number of sulfonamides is 2. The molecule has 3 aromatic carbocycles. The van der Waals surface area contributed by atoms with Crippen molar-refractivity contribution in [3.8, 4) is 5.75 Å². The largest absolute Gasteiger partial charge is 0.493 e. The van der Waals surface area contributed by atoms with Crippen molar-refractivity contribution >= 4 is 37.7 Å². The van der Waals surface area contributed by atoms with Crippen LogP contribution in [-0.4, -0.2) is 35.6 Å². The molecule has 0 aliphatic carbocycles. The average Bonchev–Trinajstić information content (AvgIpc) is 2.85. The number of amides is 1. The van der Waals surface area contributed by atoms with Crippen LogP contribution in [0.4, 0.5) is 5.69 Å². The van der Waals surface area contributed by atoms with Gasteiger partial charge in [0.05, 0.1) is 17.8 Å². The molecule has 0 atom stereocenters.